The summed E-state index contributed by atoms with van der Waals surface area (Å²) in [6, 6.07) is 4.27. The molecule has 0 aliphatic rings. The Labute approximate surface area is 105 Å². The lowest BCUT2D eigenvalue weighted by Gasteiger charge is -2.17. The second kappa shape index (κ2) is 5.38. The lowest BCUT2D eigenvalue weighted by molar-refractivity contribution is 0.0553. The van der Waals surface area contributed by atoms with E-state index in [0.717, 1.165) is 0 Å². The Bertz CT molecular complexity index is 409. The molecule has 0 radical (unpaired) electrons. The summed E-state index contributed by atoms with van der Waals surface area (Å²) in [6.45, 7) is 3.69. The minimum atomic E-state index is -1.03. The van der Waals surface area contributed by atoms with Crippen LogP contribution < -0.4 is 4.74 Å². The third kappa shape index (κ3) is 4.63. The van der Waals surface area contributed by atoms with Crippen molar-refractivity contribution in [3.8, 4) is 5.75 Å². The first-order valence-corrected chi connectivity index (χ1v) is 5.55. The number of aliphatic hydroxyl groups is 1. The number of carbonyl (C=O) groups is 1. The third-order valence-electron chi connectivity index (χ3n) is 2.15. The smallest absolute Gasteiger partial charge is 0.335 e. The van der Waals surface area contributed by atoms with Crippen molar-refractivity contribution in [3.63, 3.8) is 0 Å². The molecule has 1 aromatic rings. The van der Waals surface area contributed by atoms with Crippen LogP contribution in [0.25, 0.3) is 0 Å². The van der Waals surface area contributed by atoms with E-state index in [0.29, 0.717) is 18.8 Å². The zero-order valence-corrected chi connectivity index (χ0v) is 10.5. The van der Waals surface area contributed by atoms with Crippen molar-refractivity contribution in [2.24, 2.45) is 0 Å². The van der Waals surface area contributed by atoms with Crippen LogP contribution in [0.5, 0.6) is 5.75 Å². The maximum atomic E-state index is 10.7. The molecule has 5 heteroatoms. The molecule has 94 valence electrons. The standard InChI is InChI=1S/C12H15ClO4/c1-12(2,16)5-6-17-10-4-3-8(11(14)15)7-9(10)13/h3-4,7,16H,5-6H2,1-2H3,(H,14,15). The van der Waals surface area contributed by atoms with Gasteiger partial charge in [0.05, 0.1) is 22.8 Å². The van der Waals surface area contributed by atoms with Gasteiger partial charge in [-0.25, -0.2) is 4.79 Å². The van der Waals surface area contributed by atoms with Crippen molar-refractivity contribution in [1.82, 2.24) is 0 Å². The van der Waals surface area contributed by atoms with E-state index in [4.69, 9.17) is 21.4 Å². The molecule has 0 atom stereocenters. The highest BCUT2D eigenvalue weighted by Crippen LogP contribution is 2.26. The number of halogens is 1. The van der Waals surface area contributed by atoms with E-state index in [9.17, 15) is 9.90 Å². The first kappa shape index (κ1) is 13.8. The summed E-state index contributed by atoms with van der Waals surface area (Å²) in [5.41, 5.74) is -0.683. The van der Waals surface area contributed by atoms with Crippen LogP contribution in [-0.4, -0.2) is 28.4 Å². The first-order valence-electron chi connectivity index (χ1n) is 5.17. The molecular formula is C12H15ClO4. The van der Waals surface area contributed by atoms with Crippen LogP contribution in [0.3, 0.4) is 0 Å². The topological polar surface area (TPSA) is 66.8 Å². The number of aromatic carboxylic acids is 1. The van der Waals surface area contributed by atoms with Gasteiger partial charge >= 0.3 is 5.97 Å². The van der Waals surface area contributed by atoms with E-state index in [-0.39, 0.29) is 10.6 Å². The average Bonchev–Trinajstić information content (AvgIpc) is 2.18. The zero-order valence-electron chi connectivity index (χ0n) is 9.74. The highest BCUT2D eigenvalue weighted by Gasteiger charge is 2.13. The van der Waals surface area contributed by atoms with Crippen LogP contribution >= 0.6 is 11.6 Å². The summed E-state index contributed by atoms with van der Waals surface area (Å²) in [5.74, 6) is -0.615. The fourth-order valence-corrected chi connectivity index (χ4v) is 1.40. The largest absolute Gasteiger partial charge is 0.492 e. The Morgan fingerprint density at radius 2 is 2.12 bits per heavy atom. The number of hydrogen-bond acceptors (Lipinski definition) is 3. The molecule has 4 nitrogen and oxygen atoms in total. The summed E-state index contributed by atoms with van der Waals surface area (Å²) in [6.07, 6.45) is 0.462. The van der Waals surface area contributed by atoms with Crippen molar-refractivity contribution < 1.29 is 19.7 Å². The quantitative estimate of drug-likeness (QED) is 0.852. The van der Waals surface area contributed by atoms with Crippen molar-refractivity contribution >= 4 is 17.6 Å². The molecule has 0 spiro atoms. The molecule has 0 saturated carbocycles. The van der Waals surface area contributed by atoms with Crippen LogP contribution in [0, 0.1) is 0 Å². The van der Waals surface area contributed by atoms with E-state index < -0.39 is 11.6 Å². The van der Waals surface area contributed by atoms with Gasteiger partial charge in [-0.1, -0.05) is 11.6 Å². The second-order valence-corrected chi connectivity index (χ2v) is 4.77. The molecule has 1 rings (SSSR count). The number of ether oxygens (including phenoxy) is 1. The number of carboxylic acids is 1. The predicted octanol–water partition coefficient (Wildman–Crippen LogP) is 2.58. The van der Waals surface area contributed by atoms with Gasteiger partial charge in [0.25, 0.3) is 0 Å². The minimum absolute atomic E-state index is 0.116. The lowest BCUT2D eigenvalue weighted by atomic mass is 10.1. The summed E-state index contributed by atoms with van der Waals surface area (Å²) in [4.78, 5) is 10.7. The molecular weight excluding hydrogens is 244 g/mol. The van der Waals surface area contributed by atoms with Crippen LogP contribution in [0.4, 0.5) is 0 Å². The molecule has 0 aliphatic carbocycles. The minimum Gasteiger partial charge on any atom is -0.492 e. The fraction of sp³-hybridized carbons (Fsp3) is 0.417. The van der Waals surface area contributed by atoms with Crippen molar-refractivity contribution in [2.75, 3.05) is 6.61 Å². The van der Waals surface area contributed by atoms with Crippen molar-refractivity contribution in [1.29, 1.82) is 0 Å². The molecule has 0 saturated heterocycles. The Balaban J connectivity index is 2.64. The molecule has 0 aromatic heterocycles. The lowest BCUT2D eigenvalue weighted by Crippen LogP contribution is -2.21. The number of hydrogen-bond donors (Lipinski definition) is 2. The van der Waals surface area contributed by atoms with Gasteiger partial charge in [0.2, 0.25) is 0 Å². The van der Waals surface area contributed by atoms with Crippen LogP contribution in [-0.2, 0) is 0 Å². The monoisotopic (exact) mass is 258 g/mol. The van der Waals surface area contributed by atoms with Gasteiger partial charge in [-0.05, 0) is 32.0 Å². The maximum absolute atomic E-state index is 10.7. The molecule has 17 heavy (non-hydrogen) atoms. The van der Waals surface area contributed by atoms with Crippen molar-refractivity contribution in [2.45, 2.75) is 25.9 Å². The van der Waals surface area contributed by atoms with Crippen molar-refractivity contribution in [3.05, 3.63) is 28.8 Å². The molecule has 0 heterocycles. The highest BCUT2D eigenvalue weighted by atomic mass is 35.5. The molecule has 0 bridgehead atoms. The predicted molar refractivity (Wildman–Crippen MR) is 64.8 cm³/mol. The van der Waals surface area contributed by atoms with Gasteiger partial charge < -0.3 is 14.9 Å². The molecule has 1 aromatic carbocycles. The van der Waals surface area contributed by atoms with Gasteiger partial charge in [0.15, 0.2) is 0 Å². The van der Waals surface area contributed by atoms with Gasteiger partial charge in [0, 0.05) is 6.42 Å². The Morgan fingerprint density at radius 3 is 2.59 bits per heavy atom. The number of benzene rings is 1. The normalized spacial score (nSPS) is 11.3. The Morgan fingerprint density at radius 1 is 1.47 bits per heavy atom. The van der Waals surface area contributed by atoms with E-state index >= 15 is 0 Å². The van der Waals surface area contributed by atoms with Crippen LogP contribution in [0.2, 0.25) is 5.02 Å². The van der Waals surface area contributed by atoms with E-state index in [1.54, 1.807) is 13.8 Å². The maximum Gasteiger partial charge on any atom is 0.335 e. The Hall–Kier alpha value is -1.26. The highest BCUT2D eigenvalue weighted by molar-refractivity contribution is 6.32. The number of carboxylic acid groups (broad SMARTS) is 1. The average molecular weight is 259 g/mol. The molecule has 2 N–H and O–H groups in total. The third-order valence-corrected chi connectivity index (χ3v) is 2.45. The van der Waals surface area contributed by atoms with E-state index in [1.165, 1.54) is 18.2 Å². The number of rotatable bonds is 5. The zero-order chi connectivity index (χ0) is 13.1. The Kier molecular flexibility index (Phi) is 4.37. The SMILES string of the molecule is CC(C)(O)CCOc1ccc(C(=O)O)cc1Cl. The summed E-state index contributed by atoms with van der Waals surface area (Å²) in [7, 11) is 0. The molecule has 0 fully saturated rings. The molecule has 0 unspecified atom stereocenters. The van der Waals surface area contributed by atoms with E-state index in [1.807, 2.05) is 0 Å². The second-order valence-electron chi connectivity index (χ2n) is 4.36. The molecule has 0 aliphatic heterocycles. The van der Waals surface area contributed by atoms with Gasteiger partial charge in [-0.2, -0.15) is 0 Å². The van der Waals surface area contributed by atoms with Crippen LogP contribution in [0.1, 0.15) is 30.6 Å². The van der Waals surface area contributed by atoms with Gasteiger partial charge in [0.1, 0.15) is 5.75 Å². The summed E-state index contributed by atoms with van der Waals surface area (Å²) < 4.78 is 5.36. The first-order chi connectivity index (χ1) is 7.79. The van der Waals surface area contributed by atoms with Crippen LogP contribution in [0.15, 0.2) is 18.2 Å². The molecule has 0 amide bonds. The van der Waals surface area contributed by atoms with Gasteiger partial charge in [-0.3, -0.25) is 0 Å². The fourth-order valence-electron chi connectivity index (χ4n) is 1.16. The van der Waals surface area contributed by atoms with E-state index in [2.05, 4.69) is 0 Å². The van der Waals surface area contributed by atoms with Gasteiger partial charge in [-0.15, -0.1) is 0 Å². The summed E-state index contributed by atoms with van der Waals surface area (Å²) >= 11 is 5.87. The summed E-state index contributed by atoms with van der Waals surface area (Å²) in [5, 5.41) is 18.5.